The fourth-order valence-corrected chi connectivity index (χ4v) is 2.22. The summed E-state index contributed by atoms with van der Waals surface area (Å²) in [7, 11) is 0. The lowest BCUT2D eigenvalue weighted by Gasteiger charge is -2.21. The van der Waals surface area contributed by atoms with Crippen LogP contribution in [0.1, 0.15) is 51.4 Å². The van der Waals surface area contributed by atoms with Gasteiger partial charge in [-0.05, 0) is 50.5 Å². The fourth-order valence-electron chi connectivity index (χ4n) is 2.22. The maximum absolute atomic E-state index is 5.83. The molecule has 78 valence electrons. The highest BCUT2D eigenvalue weighted by Gasteiger charge is 2.13. The van der Waals surface area contributed by atoms with E-state index in [0.717, 1.165) is 6.42 Å². The lowest BCUT2D eigenvalue weighted by atomic mass is 9.98. The van der Waals surface area contributed by atoms with Crippen molar-refractivity contribution in [1.29, 1.82) is 0 Å². The molecule has 0 unspecified atom stereocenters. The Hall–Kier alpha value is -0.720. The van der Waals surface area contributed by atoms with Gasteiger partial charge >= 0.3 is 0 Å². The first kappa shape index (κ1) is 9.82. The van der Waals surface area contributed by atoms with E-state index in [-0.39, 0.29) is 0 Å². The van der Waals surface area contributed by atoms with Gasteiger partial charge in [0.2, 0.25) is 0 Å². The molecule has 0 aromatic carbocycles. The van der Waals surface area contributed by atoms with Crippen molar-refractivity contribution in [3.63, 3.8) is 0 Å². The summed E-state index contributed by atoms with van der Waals surface area (Å²) in [6.45, 7) is 0. The first-order valence-corrected chi connectivity index (χ1v) is 5.93. The summed E-state index contributed by atoms with van der Waals surface area (Å²) in [5.41, 5.74) is 1.47. The molecule has 1 heteroatoms. The minimum absolute atomic E-state index is 0.516. The predicted octanol–water partition coefficient (Wildman–Crippen LogP) is 3.96. The van der Waals surface area contributed by atoms with Crippen molar-refractivity contribution in [2.24, 2.45) is 0 Å². The maximum Gasteiger partial charge on any atom is 0.0978 e. The molecular formula is C13H20O. The molecule has 0 spiro atoms. The molecule has 0 bridgehead atoms. The van der Waals surface area contributed by atoms with Crippen LogP contribution in [0.15, 0.2) is 24.0 Å². The van der Waals surface area contributed by atoms with E-state index in [4.69, 9.17) is 4.74 Å². The summed E-state index contributed by atoms with van der Waals surface area (Å²) in [6, 6.07) is 0. The molecule has 0 aromatic rings. The molecule has 0 N–H and O–H groups in total. The van der Waals surface area contributed by atoms with Crippen LogP contribution >= 0.6 is 0 Å². The van der Waals surface area contributed by atoms with Gasteiger partial charge in [-0.3, -0.25) is 0 Å². The van der Waals surface area contributed by atoms with Crippen LogP contribution < -0.4 is 0 Å². The molecule has 0 radical (unpaired) electrons. The molecule has 0 saturated heterocycles. The van der Waals surface area contributed by atoms with E-state index in [2.05, 4.69) is 12.2 Å². The fraction of sp³-hybridized carbons (Fsp3) is 0.692. The Morgan fingerprint density at radius 3 is 2.71 bits per heavy atom. The summed E-state index contributed by atoms with van der Waals surface area (Å²) in [4.78, 5) is 0. The second-order valence-corrected chi connectivity index (χ2v) is 4.39. The van der Waals surface area contributed by atoms with E-state index in [1.807, 2.05) is 6.26 Å². The quantitative estimate of drug-likeness (QED) is 0.475. The monoisotopic (exact) mass is 192 g/mol. The van der Waals surface area contributed by atoms with Crippen molar-refractivity contribution in [3.05, 3.63) is 24.0 Å². The highest BCUT2D eigenvalue weighted by Crippen LogP contribution is 2.22. The van der Waals surface area contributed by atoms with Crippen molar-refractivity contribution in [2.45, 2.75) is 57.5 Å². The molecule has 2 rings (SSSR count). The molecule has 0 heterocycles. The van der Waals surface area contributed by atoms with Gasteiger partial charge in [-0.25, -0.2) is 0 Å². The van der Waals surface area contributed by atoms with Crippen LogP contribution in [0, 0.1) is 0 Å². The normalized spacial score (nSPS) is 26.7. The van der Waals surface area contributed by atoms with Crippen molar-refractivity contribution in [1.82, 2.24) is 0 Å². The zero-order chi connectivity index (χ0) is 9.64. The topological polar surface area (TPSA) is 9.23 Å². The summed E-state index contributed by atoms with van der Waals surface area (Å²) < 4.78 is 5.83. The Bertz CT molecular complexity index is 221. The molecule has 2 aliphatic carbocycles. The molecule has 0 atom stereocenters. The van der Waals surface area contributed by atoms with Crippen LogP contribution in [0.3, 0.4) is 0 Å². The van der Waals surface area contributed by atoms with Gasteiger partial charge < -0.3 is 4.74 Å². The van der Waals surface area contributed by atoms with Crippen LogP contribution in [0.2, 0.25) is 0 Å². The molecule has 0 aromatic heterocycles. The average Bonchev–Trinajstić information content (AvgIpc) is 2.29. The largest absolute Gasteiger partial charge is 0.498 e. The van der Waals surface area contributed by atoms with Gasteiger partial charge in [0.1, 0.15) is 0 Å². The molecule has 0 amide bonds. The van der Waals surface area contributed by atoms with E-state index in [1.165, 1.54) is 50.5 Å². The molecule has 14 heavy (non-hydrogen) atoms. The zero-order valence-electron chi connectivity index (χ0n) is 8.87. The van der Waals surface area contributed by atoms with Gasteiger partial charge in [-0.15, -0.1) is 0 Å². The van der Waals surface area contributed by atoms with Crippen LogP contribution in [0.25, 0.3) is 0 Å². The highest BCUT2D eigenvalue weighted by molar-refractivity contribution is 5.10. The molecule has 1 nitrogen and oxygen atoms in total. The van der Waals surface area contributed by atoms with Crippen LogP contribution in [-0.4, -0.2) is 6.10 Å². The Kier molecular flexibility index (Phi) is 3.67. The minimum atomic E-state index is 0.516. The van der Waals surface area contributed by atoms with E-state index in [9.17, 15) is 0 Å². The number of hydrogen-bond acceptors (Lipinski definition) is 1. The van der Waals surface area contributed by atoms with Crippen LogP contribution in [0.5, 0.6) is 0 Å². The highest BCUT2D eigenvalue weighted by atomic mass is 16.5. The van der Waals surface area contributed by atoms with Crippen molar-refractivity contribution >= 4 is 0 Å². The first-order chi connectivity index (χ1) is 6.95. The van der Waals surface area contributed by atoms with Crippen molar-refractivity contribution in [3.8, 4) is 0 Å². The van der Waals surface area contributed by atoms with E-state index >= 15 is 0 Å². The average molecular weight is 192 g/mol. The van der Waals surface area contributed by atoms with Gasteiger partial charge in [0.25, 0.3) is 0 Å². The Morgan fingerprint density at radius 1 is 1.14 bits per heavy atom. The number of allylic oxidation sites excluding steroid dienone is 3. The molecule has 2 aliphatic rings. The summed E-state index contributed by atoms with van der Waals surface area (Å²) >= 11 is 0. The predicted molar refractivity (Wildman–Crippen MR) is 59.0 cm³/mol. The number of ether oxygens (including phenoxy) is 1. The molecular weight excluding hydrogens is 172 g/mol. The Morgan fingerprint density at radius 2 is 2.00 bits per heavy atom. The maximum atomic E-state index is 5.83. The summed E-state index contributed by atoms with van der Waals surface area (Å²) in [5, 5.41) is 0. The zero-order valence-corrected chi connectivity index (χ0v) is 8.87. The van der Waals surface area contributed by atoms with Gasteiger partial charge in [-0.1, -0.05) is 18.6 Å². The third kappa shape index (κ3) is 2.90. The smallest absolute Gasteiger partial charge is 0.0978 e. The summed E-state index contributed by atoms with van der Waals surface area (Å²) in [6.07, 6.45) is 17.2. The van der Waals surface area contributed by atoms with Crippen LogP contribution in [0.4, 0.5) is 0 Å². The summed E-state index contributed by atoms with van der Waals surface area (Å²) in [5.74, 6) is 0. The van der Waals surface area contributed by atoms with Crippen molar-refractivity contribution in [2.75, 3.05) is 0 Å². The van der Waals surface area contributed by atoms with Gasteiger partial charge in [0, 0.05) is 0 Å². The number of hydrogen-bond donors (Lipinski definition) is 0. The Balaban J connectivity index is 1.76. The lowest BCUT2D eigenvalue weighted by molar-refractivity contribution is 0.104. The minimum Gasteiger partial charge on any atom is -0.498 e. The Labute approximate surface area is 86.8 Å². The standard InChI is InChI=1S/C13H20O/c1-3-7-12(8-4-1)11-14-13-9-5-2-6-10-13/h1,3,11,13H,2,4-10H2/b12-11-. The van der Waals surface area contributed by atoms with Crippen molar-refractivity contribution < 1.29 is 4.74 Å². The lowest BCUT2D eigenvalue weighted by Crippen LogP contribution is -2.14. The second-order valence-electron chi connectivity index (χ2n) is 4.39. The third-order valence-electron chi connectivity index (χ3n) is 3.16. The SMILES string of the molecule is C1=CC/C(=C/OC2CCCCC2)CC1. The molecule has 0 aliphatic heterocycles. The van der Waals surface area contributed by atoms with E-state index in [1.54, 1.807) is 0 Å². The molecule has 1 fully saturated rings. The first-order valence-electron chi connectivity index (χ1n) is 5.93. The van der Waals surface area contributed by atoms with Gasteiger partial charge in [-0.2, -0.15) is 0 Å². The molecule has 1 saturated carbocycles. The van der Waals surface area contributed by atoms with Gasteiger partial charge in [0.15, 0.2) is 0 Å². The second kappa shape index (κ2) is 5.23. The van der Waals surface area contributed by atoms with E-state index in [0.29, 0.717) is 6.10 Å². The number of rotatable bonds is 2. The van der Waals surface area contributed by atoms with Gasteiger partial charge in [0.05, 0.1) is 12.4 Å². The third-order valence-corrected chi connectivity index (χ3v) is 3.16. The van der Waals surface area contributed by atoms with Crippen LogP contribution in [-0.2, 0) is 4.74 Å². The van der Waals surface area contributed by atoms with E-state index < -0.39 is 0 Å².